The summed E-state index contributed by atoms with van der Waals surface area (Å²) in [4.78, 5) is 27.0. The monoisotopic (exact) mass is 519 g/mol. The molecule has 0 heterocycles. The van der Waals surface area contributed by atoms with Crippen molar-refractivity contribution in [2.45, 2.75) is 31.2 Å². The number of rotatable bonds is 7. The number of carbonyl (C=O) groups is 2. The molecule has 3 aromatic carbocycles. The predicted octanol–water partition coefficient (Wildman–Crippen LogP) is 3.98. The quantitative estimate of drug-likeness (QED) is 0.494. The fourth-order valence-electron chi connectivity index (χ4n) is 3.73. The van der Waals surface area contributed by atoms with Crippen LogP contribution in [0.4, 0.5) is 23.7 Å². The number of sulfonamides is 1. The number of amides is 3. The molecule has 0 bridgehead atoms. The highest BCUT2D eigenvalue weighted by molar-refractivity contribution is 7.90. The average Bonchev–Trinajstić information content (AvgIpc) is 2.77. The number of benzene rings is 3. The van der Waals surface area contributed by atoms with Crippen molar-refractivity contribution in [3.8, 4) is 0 Å². The van der Waals surface area contributed by atoms with Crippen LogP contribution in [0, 0.1) is 31.3 Å². The fourth-order valence-corrected chi connectivity index (χ4v) is 4.90. The van der Waals surface area contributed by atoms with Gasteiger partial charge in [0.05, 0.1) is 4.90 Å². The lowest BCUT2D eigenvalue weighted by atomic mass is 10.0. The highest BCUT2D eigenvalue weighted by atomic mass is 32.2. The predicted molar refractivity (Wildman–Crippen MR) is 128 cm³/mol. The Balaban J connectivity index is 1.90. The van der Waals surface area contributed by atoms with Gasteiger partial charge in [-0.05, 0) is 66.9 Å². The third-order valence-electron chi connectivity index (χ3n) is 5.43. The molecule has 2 N–H and O–H groups in total. The van der Waals surface area contributed by atoms with Gasteiger partial charge in [-0.1, -0.05) is 18.2 Å². The second-order valence-electron chi connectivity index (χ2n) is 8.21. The summed E-state index contributed by atoms with van der Waals surface area (Å²) in [5.74, 6) is -3.00. The maximum Gasteiger partial charge on any atom is 0.329 e. The van der Waals surface area contributed by atoms with Crippen LogP contribution >= 0.6 is 0 Å². The van der Waals surface area contributed by atoms with Crippen LogP contribution in [-0.2, 0) is 21.2 Å². The van der Waals surface area contributed by atoms with Gasteiger partial charge in [-0.3, -0.25) is 4.79 Å². The Morgan fingerprint density at radius 2 is 1.53 bits per heavy atom. The van der Waals surface area contributed by atoms with E-state index < -0.39 is 45.5 Å². The van der Waals surface area contributed by atoms with Gasteiger partial charge in [0, 0.05) is 25.2 Å². The largest absolute Gasteiger partial charge is 0.329 e. The fraction of sp³-hybridized carbons (Fsp3) is 0.200. The molecule has 0 aliphatic rings. The molecular formula is C25H24F3N3O4S. The van der Waals surface area contributed by atoms with Crippen molar-refractivity contribution in [1.82, 2.24) is 10.0 Å². The first-order chi connectivity index (χ1) is 16.9. The van der Waals surface area contributed by atoms with Gasteiger partial charge in [0.2, 0.25) is 5.91 Å². The van der Waals surface area contributed by atoms with Crippen molar-refractivity contribution in [2.75, 3.05) is 11.9 Å². The molecule has 0 unspecified atom stereocenters. The van der Waals surface area contributed by atoms with Gasteiger partial charge >= 0.3 is 6.03 Å². The van der Waals surface area contributed by atoms with E-state index in [1.165, 1.54) is 31.3 Å². The zero-order valence-electron chi connectivity index (χ0n) is 19.7. The lowest BCUT2D eigenvalue weighted by Crippen LogP contribution is -2.52. The van der Waals surface area contributed by atoms with Crippen LogP contribution in [0.3, 0.4) is 0 Å². The molecule has 3 aromatic rings. The summed E-state index contributed by atoms with van der Waals surface area (Å²) in [6.45, 7) is 3.13. The van der Waals surface area contributed by atoms with Crippen molar-refractivity contribution >= 4 is 27.6 Å². The Kier molecular flexibility index (Phi) is 8.03. The maximum atomic E-state index is 13.8. The number of nitrogens with zero attached hydrogens (tertiary/aromatic N) is 1. The Morgan fingerprint density at radius 1 is 0.889 bits per heavy atom. The molecular weight excluding hydrogens is 495 g/mol. The molecule has 0 aromatic heterocycles. The van der Waals surface area contributed by atoms with E-state index in [0.29, 0.717) is 22.9 Å². The van der Waals surface area contributed by atoms with Crippen molar-refractivity contribution < 1.29 is 31.2 Å². The smallest absolute Gasteiger partial charge is 0.325 e. The Hall–Kier alpha value is -3.86. The molecule has 3 amide bonds. The molecule has 0 saturated heterocycles. The lowest BCUT2D eigenvalue weighted by Gasteiger charge is -2.26. The average molecular weight is 520 g/mol. The van der Waals surface area contributed by atoms with E-state index in [-0.39, 0.29) is 16.9 Å². The highest BCUT2D eigenvalue weighted by Crippen LogP contribution is 2.21. The number of hydrogen-bond acceptors (Lipinski definition) is 4. The first-order valence-electron chi connectivity index (χ1n) is 10.7. The number of hydrogen-bond donors (Lipinski definition) is 2. The van der Waals surface area contributed by atoms with Gasteiger partial charge in [-0.15, -0.1) is 0 Å². The minimum Gasteiger partial charge on any atom is -0.325 e. The van der Waals surface area contributed by atoms with Crippen LogP contribution in [0.1, 0.15) is 16.7 Å². The molecule has 0 radical (unpaired) electrons. The Labute approximate surface area is 207 Å². The van der Waals surface area contributed by atoms with E-state index in [4.69, 9.17) is 0 Å². The van der Waals surface area contributed by atoms with E-state index in [9.17, 15) is 31.2 Å². The SMILES string of the molecule is Cc1cc(F)ccc1N(C)C(=O)[C@H](Cc1cc(F)cc(F)c1)NC(=O)NS(=O)(=O)c1ccccc1C. The van der Waals surface area contributed by atoms with E-state index in [2.05, 4.69) is 5.32 Å². The normalized spacial score (nSPS) is 12.1. The van der Waals surface area contributed by atoms with Gasteiger partial charge in [0.25, 0.3) is 10.0 Å². The van der Waals surface area contributed by atoms with E-state index >= 15 is 0 Å². The summed E-state index contributed by atoms with van der Waals surface area (Å²) < 4.78 is 68.3. The van der Waals surface area contributed by atoms with E-state index in [1.54, 1.807) is 26.0 Å². The first kappa shape index (κ1) is 26.7. The topological polar surface area (TPSA) is 95.6 Å². The zero-order chi connectivity index (χ0) is 26.6. The maximum absolute atomic E-state index is 13.8. The van der Waals surface area contributed by atoms with Crippen molar-refractivity contribution in [1.29, 1.82) is 0 Å². The van der Waals surface area contributed by atoms with Gasteiger partial charge in [-0.25, -0.2) is 31.1 Å². The lowest BCUT2D eigenvalue weighted by molar-refractivity contribution is -0.120. The summed E-state index contributed by atoms with van der Waals surface area (Å²) >= 11 is 0. The molecule has 3 rings (SSSR count). The van der Waals surface area contributed by atoms with Crippen molar-refractivity contribution in [3.63, 3.8) is 0 Å². The molecule has 0 fully saturated rings. The first-order valence-corrected chi connectivity index (χ1v) is 12.2. The van der Waals surface area contributed by atoms with Gasteiger partial charge in [0.15, 0.2) is 0 Å². The molecule has 1 atom stereocenters. The van der Waals surface area contributed by atoms with Crippen LogP contribution in [0.5, 0.6) is 0 Å². The minimum atomic E-state index is -4.28. The third-order valence-corrected chi connectivity index (χ3v) is 6.92. The van der Waals surface area contributed by atoms with E-state index in [0.717, 1.165) is 23.1 Å². The Morgan fingerprint density at radius 3 is 2.14 bits per heavy atom. The molecule has 0 spiro atoms. The van der Waals surface area contributed by atoms with Crippen LogP contribution in [-0.4, -0.2) is 33.4 Å². The van der Waals surface area contributed by atoms with Gasteiger partial charge < -0.3 is 10.2 Å². The molecule has 0 aliphatic carbocycles. The third kappa shape index (κ3) is 6.42. The summed E-state index contributed by atoms with van der Waals surface area (Å²) in [5, 5.41) is 2.29. The van der Waals surface area contributed by atoms with Crippen molar-refractivity contribution in [3.05, 3.63) is 94.8 Å². The molecule has 7 nitrogen and oxygen atoms in total. The summed E-state index contributed by atoms with van der Waals surface area (Å²) in [6.07, 6.45) is -0.351. The van der Waals surface area contributed by atoms with E-state index in [1.807, 2.05) is 4.72 Å². The van der Waals surface area contributed by atoms with Gasteiger partial charge in [0.1, 0.15) is 23.5 Å². The van der Waals surface area contributed by atoms with Crippen molar-refractivity contribution in [2.24, 2.45) is 0 Å². The number of halogens is 3. The van der Waals surface area contributed by atoms with Gasteiger partial charge in [-0.2, -0.15) is 0 Å². The van der Waals surface area contributed by atoms with Crippen LogP contribution in [0.2, 0.25) is 0 Å². The number of likely N-dealkylation sites (N-methyl/N-ethyl adjacent to an activating group) is 1. The molecule has 11 heteroatoms. The number of anilines is 1. The summed E-state index contributed by atoms with van der Waals surface area (Å²) in [7, 11) is -2.90. The van der Waals surface area contributed by atoms with Crippen LogP contribution in [0.15, 0.2) is 65.6 Å². The minimum absolute atomic E-state index is 0.0529. The highest BCUT2D eigenvalue weighted by Gasteiger charge is 2.28. The number of carbonyl (C=O) groups excluding carboxylic acids is 2. The van der Waals surface area contributed by atoms with Crippen LogP contribution < -0.4 is 14.9 Å². The number of urea groups is 1. The molecule has 190 valence electrons. The number of nitrogens with one attached hydrogen (secondary N) is 2. The zero-order valence-corrected chi connectivity index (χ0v) is 20.5. The second-order valence-corrected chi connectivity index (χ2v) is 9.86. The second kappa shape index (κ2) is 10.8. The standard InChI is InChI=1S/C25H24F3N3O4S/c1-15-6-4-5-7-23(15)36(34,35)30-25(33)29-21(13-17-11-19(27)14-20(28)12-17)24(32)31(3)22-9-8-18(26)10-16(22)2/h4-12,14,21H,13H2,1-3H3,(H2,29,30,33)/t21-/m0/s1. The summed E-state index contributed by atoms with van der Waals surface area (Å²) in [5.41, 5.74) is 1.20. The summed E-state index contributed by atoms with van der Waals surface area (Å²) in [6, 6.07) is 9.73. The molecule has 36 heavy (non-hydrogen) atoms. The molecule has 0 saturated carbocycles. The molecule has 0 aliphatic heterocycles. The van der Waals surface area contributed by atoms with Crippen LogP contribution in [0.25, 0.3) is 0 Å². The Bertz CT molecular complexity index is 1390. The number of aryl methyl sites for hydroxylation is 2.